The number of hydrogen-bond acceptors (Lipinski definition) is 5. The summed E-state index contributed by atoms with van der Waals surface area (Å²) < 4.78 is 50.6. The third-order valence-electron chi connectivity index (χ3n) is 8.07. The Labute approximate surface area is 249 Å². The molecule has 1 amide bonds. The van der Waals surface area contributed by atoms with Gasteiger partial charge in [0.15, 0.2) is 6.61 Å². The summed E-state index contributed by atoms with van der Waals surface area (Å²) in [5.41, 5.74) is 9.59. The van der Waals surface area contributed by atoms with E-state index in [4.69, 9.17) is 10.5 Å². The van der Waals surface area contributed by atoms with Crippen LogP contribution in [0.4, 0.5) is 4.39 Å². The molecule has 1 aliphatic rings. The first-order chi connectivity index (χ1) is 20.4. The lowest BCUT2D eigenvalue weighted by Gasteiger charge is -2.14. The maximum absolute atomic E-state index is 15.4. The largest absolute Gasteiger partial charge is 0.484 e. The molecule has 0 aliphatic heterocycles. The van der Waals surface area contributed by atoms with E-state index >= 15 is 4.39 Å². The predicted octanol–water partition coefficient (Wildman–Crippen LogP) is 6.64. The summed E-state index contributed by atoms with van der Waals surface area (Å²) in [4.78, 5) is 26.1. The van der Waals surface area contributed by atoms with Gasteiger partial charge in [-0.2, -0.15) is 0 Å². The minimum absolute atomic E-state index is 0.140. The molecule has 0 bridgehead atoms. The first kappa shape index (κ1) is 28.6. The molecule has 43 heavy (non-hydrogen) atoms. The second-order valence-electron chi connectivity index (χ2n) is 11.5. The average Bonchev–Trinajstić information content (AvgIpc) is 3.70. The number of carbonyl (C=O) groups is 2. The molecule has 1 aromatic heterocycles. The van der Waals surface area contributed by atoms with E-state index in [1.807, 2.05) is 31.2 Å². The van der Waals surface area contributed by atoms with E-state index in [-0.39, 0.29) is 21.6 Å². The fraction of sp³-hybridized carbons (Fsp3) is 0.235. The number of aromatic nitrogens is 1. The van der Waals surface area contributed by atoms with Crippen molar-refractivity contribution in [2.24, 2.45) is 5.73 Å². The molecule has 1 fully saturated rings. The highest BCUT2D eigenvalue weighted by Crippen LogP contribution is 2.42. The Morgan fingerprint density at radius 3 is 2.28 bits per heavy atom. The molecule has 2 N–H and O–H groups in total. The molecule has 0 unspecified atom stereocenters. The normalized spacial score (nSPS) is 13.5. The molecule has 1 heterocycles. The van der Waals surface area contributed by atoms with Crippen molar-refractivity contribution in [2.75, 3.05) is 6.61 Å². The first-order valence-electron chi connectivity index (χ1n) is 14.0. The summed E-state index contributed by atoms with van der Waals surface area (Å²) in [7, 11) is -4.08. The number of nitrogens with two attached hydrogens (primary N) is 1. The van der Waals surface area contributed by atoms with Crippen LogP contribution in [-0.4, -0.2) is 30.7 Å². The number of hydrogen-bond donors (Lipinski definition) is 1. The molecule has 6 rings (SSSR count). The van der Waals surface area contributed by atoms with Crippen molar-refractivity contribution in [2.45, 2.75) is 51.3 Å². The molecule has 0 saturated heterocycles. The number of primary amides is 1. The fourth-order valence-corrected chi connectivity index (χ4v) is 7.77. The lowest BCUT2D eigenvalue weighted by Crippen LogP contribution is -2.18. The summed E-state index contributed by atoms with van der Waals surface area (Å²) in [5, 5.41) is 1.16. The van der Waals surface area contributed by atoms with Gasteiger partial charge in [0.2, 0.25) is 5.78 Å². The standard InChI is InChI=1S/C34H31FN2O5S/c1-18-5-6-24-15-30(31(34(36)39)32(35)26(24)13-18)42-17-29(38)27-16-37(28-14-23(22-7-8-22)9-10-25(27)28)43(40,41)33-20(3)11-19(2)12-21(33)4/h5-6,9-16,22H,7-8,17H2,1-4H3,(H2,36,39). The van der Waals surface area contributed by atoms with Gasteiger partial charge in [0.05, 0.1) is 10.4 Å². The van der Waals surface area contributed by atoms with Crippen LogP contribution in [0.25, 0.3) is 21.7 Å². The fourth-order valence-electron chi connectivity index (χ4n) is 5.99. The quantitative estimate of drug-likeness (QED) is 0.201. The molecule has 1 aliphatic carbocycles. The van der Waals surface area contributed by atoms with Crippen LogP contribution in [0.3, 0.4) is 0 Å². The third kappa shape index (κ3) is 4.97. The number of nitrogens with zero attached hydrogens (tertiary/aromatic N) is 1. The highest BCUT2D eigenvalue weighted by molar-refractivity contribution is 7.90. The Hall–Kier alpha value is -4.50. The number of benzene rings is 4. The minimum Gasteiger partial charge on any atom is -0.484 e. The zero-order valence-corrected chi connectivity index (χ0v) is 25.1. The minimum atomic E-state index is -4.08. The van der Waals surface area contributed by atoms with Crippen molar-refractivity contribution < 1.29 is 27.1 Å². The Morgan fingerprint density at radius 2 is 1.63 bits per heavy atom. The van der Waals surface area contributed by atoms with E-state index in [2.05, 4.69) is 0 Å². The van der Waals surface area contributed by atoms with Gasteiger partial charge >= 0.3 is 0 Å². The Balaban J connectivity index is 1.43. The van der Waals surface area contributed by atoms with Crippen molar-refractivity contribution in [3.05, 3.63) is 106 Å². The lowest BCUT2D eigenvalue weighted by atomic mass is 10.0. The van der Waals surface area contributed by atoms with Crippen LogP contribution < -0.4 is 10.5 Å². The molecule has 0 atom stereocenters. The van der Waals surface area contributed by atoms with Gasteiger partial charge in [-0.1, -0.05) is 47.5 Å². The number of fused-ring (bicyclic) bond motifs is 2. The molecule has 220 valence electrons. The zero-order chi connectivity index (χ0) is 30.8. The van der Waals surface area contributed by atoms with Gasteiger partial charge in [0.1, 0.15) is 17.1 Å². The summed E-state index contributed by atoms with van der Waals surface area (Å²) in [6.07, 6.45) is 3.39. The van der Waals surface area contributed by atoms with Crippen LogP contribution in [0.15, 0.2) is 65.7 Å². The molecule has 4 aromatic carbocycles. The van der Waals surface area contributed by atoms with Gasteiger partial charge in [-0.05, 0) is 86.7 Å². The van der Waals surface area contributed by atoms with Gasteiger partial charge in [-0.3, -0.25) is 9.59 Å². The number of aryl methyl sites for hydroxylation is 4. The number of amides is 1. The zero-order valence-electron chi connectivity index (χ0n) is 24.3. The Morgan fingerprint density at radius 1 is 0.930 bits per heavy atom. The first-order valence-corrected chi connectivity index (χ1v) is 15.5. The van der Waals surface area contributed by atoms with E-state index in [1.54, 1.807) is 45.0 Å². The number of ketones is 1. The summed E-state index contributed by atoms with van der Waals surface area (Å²) in [6, 6.07) is 15.7. The van der Waals surface area contributed by atoms with Gasteiger partial charge < -0.3 is 10.5 Å². The van der Waals surface area contributed by atoms with Crippen LogP contribution in [0, 0.1) is 33.5 Å². The van der Waals surface area contributed by atoms with Crippen LogP contribution in [-0.2, 0) is 10.0 Å². The second-order valence-corrected chi connectivity index (χ2v) is 13.2. The van der Waals surface area contributed by atoms with Gasteiger partial charge in [0, 0.05) is 22.5 Å². The topological polar surface area (TPSA) is 108 Å². The van der Waals surface area contributed by atoms with Crippen LogP contribution >= 0.6 is 0 Å². The molecular formula is C34H31FN2O5S. The molecule has 9 heteroatoms. The number of rotatable bonds is 8. The van der Waals surface area contributed by atoms with E-state index in [1.165, 1.54) is 16.2 Å². The highest BCUT2D eigenvalue weighted by Gasteiger charge is 2.30. The molecule has 5 aromatic rings. The number of carbonyl (C=O) groups excluding carboxylic acids is 2. The third-order valence-corrected chi connectivity index (χ3v) is 10.0. The maximum Gasteiger partial charge on any atom is 0.268 e. The molecule has 0 spiro atoms. The predicted molar refractivity (Wildman–Crippen MR) is 164 cm³/mol. The highest BCUT2D eigenvalue weighted by atomic mass is 32.2. The van der Waals surface area contributed by atoms with Crippen molar-refractivity contribution in [3.8, 4) is 5.75 Å². The summed E-state index contributed by atoms with van der Waals surface area (Å²) >= 11 is 0. The maximum atomic E-state index is 15.4. The van der Waals surface area contributed by atoms with Crippen molar-refractivity contribution in [3.63, 3.8) is 0 Å². The van der Waals surface area contributed by atoms with E-state index in [9.17, 15) is 18.0 Å². The molecule has 1 saturated carbocycles. The van der Waals surface area contributed by atoms with Gasteiger partial charge in [-0.15, -0.1) is 0 Å². The van der Waals surface area contributed by atoms with Gasteiger partial charge in [0.25, 0.3) is 15.9 Å². The van der Waals surface area contributed by atoms with E-state index in [0.29, 0.717) is 33.3 Å². The molecular weight excluding hydrogens is 567 g/mol. The van der Waals surface area contributed by atoms with Crippen molar-refractivity contribution in [1.82, 2.24) is 3.97 Å². The monoisotopic (exact) mass is 598 g/mol. The van der Waals surface area contributed by atoms with Crippen LogP contribution in [0.5, 0.6) is 5.75 Å². The molecule has 7 nitrogen and oxygen atoms in total. The smallest absolute Gasteiger partial charge is 0.268 e. The van der Waals surface area contributed by atoms with Gasteiger partial charge in [-0.25, -0.2) is 16.8 Å². The van der Waals surface area contributed by atoms with Crippen LogP contribution in [0.1, 0.15) is 67.3 Å². The number of Topliss-reactive ketones (excluding diaryl/α,β-unsaturated/α-hetero) is 1. The van der Waals surface area contributed by atoms with Crippen molar-refractivity contribution in [1.29, 1.82) is 0 Å². The van der Waals surface area contributed by atoms with E-state index in [0.717, 1.165) is 29.5 Å². The number of halogens is 1. The second kappa shape index (κ2) is 10.3. The lowest BCUT2D eigenvalue weighted by molar-refractivity contribution is 0.0912. The van der Waals surface area contributed by atoms with Crippen LogP contribution in [0.2, 0.25) is 0 Å². The number of ether oxygens (including phenoxy) is 1. The SMILES string of the molecule is Cc1cc(C)c(S(=O)(=O)n2cc(C(=O)COc3cc4ccc(C)cc4c(F)c3C(N)=O)c3ccc(C4CC4)cc32)c(C)c1. The summed E-state index contributed by atoms with van der Waals surface area (Å²) in [6.45, 7) is 6.66. The average molecular weight is 599 g/mol. The summed E-state index contributed by atoms with van der Waals surface area (Å²) in [5.74, 6) is -2.18. The Bertz CT molecular complexity index is 2090. The van der Waals surface area contributed by atoms with E-state index < -0.39 is 39.7 Å². The molecule has 0 radical (unpaired) electrons. The Kier molecular flexibility index (Phi) is 6.88. The van der Waals surface area contributed by atoms with Crippen molar-refractivity contribution >= 4 is 43.4 Å².